The first-order chi connectivity index (χ1) is 8.77. The number of carboxylic acids is 1. The quantitative estimate of drug-likeness (QED) is 0.836. The number of carbonyl (C=O) groups is 1. The van der Waals surface area contributed by atoms with Gasteiger partial charge in [-0.2, -0.15) is 0 Å². The van der Waals surface area contributed by atoms with E-state index in [-0.39, 0.29) is 4.90 Å². The lowest BCUT2D eigenvalue weighted by molar-refractivity contribution is -0.142. The van der Waals surface area contributed by atoms with Crippen LogP contribution in [0, 0.1) is 0 Å². The maximum absolute atomic E-state index is 11.7. The lowest BCUT2D eigenvalue weighted by atomic mass is 9.92. The summed E-state index contributed by atoms with van der Waals surface area (Å²) in [7, 11) is -3.40. The fourth-order valence-electron chi connectivity index (χ4n) is 1.93. The zero-order chi connectivity index (χ0) is 14.7. The molecule has 1 aromatic carbocycles. The summed E-state index contributed by atoms with van der Waals surface area (Å²) >= 11 is 0. The zero-order valence-electron chi connectivity index (χ0n) is 11.3. The van der Waals surface area contributed by atoms with Crippen LogP contribution in [0.3, 0.4) is 0 Å². The van der Waals surface area contributed by atoms with Crippen LogP contribution in [0.4, 0.5) is 5.69 Å². The van der Waals surface area contributed by atoms with Crippen molar-refractivity contribution >= 4 is 21.5 Å². The van der Waals surface area contributed by atoms with E-state index in [1.165, 1.54) is 6.07 Å². The van der Waals surface area contributed by atoms with Gasteiger partial charge in [0.2, 0.25) is 0 Å². The molecule has 0 aliphatic carbocycles. The molecule has 1 rings (SSSR count). The molecule has 0 heterocycles. The lowest BCUT2D eigenvalue weighted by Gasteiger charge is -2.30. The minimum absolute atomic E-state index is 0.113. The average molecular weight is 285 g/mol. The molecule has 0 fully saturated rings. The molecule has 19 heavy (non-hydrogen) atoms. The van der Waals surface area contributed by atoms with E-state index in [4.69, 9.17) is 0 Å². The summed E-state index contributed by atoms with van der Waals surface area (Å²) in [6, 6.07) is 6.34. The Morgan fingerprint density at radius 1 is 1.26 bits per heavy atom. The molecule has 0 bridgehead atoms. The lowest BCUT2D eigenvalue weighted by Crippen LogP contribution is -2.45. The minimum Gasteiger partial charge on any atom is -0.480 e. The van der Waals surface area contributed by atoms with Crippen molar-refractivity contribution in [1.82, 2.24) is 0 Å². The second-order valence-electron chi connectivity index (χ2n) is 4.49. The van der Waals surface area contributed by atoms with E-state index in [1.807, 2.05) is 0 Å². The van der Waals surface area contributed by atoms with Crippen LogP contribution >= 0.6 is 0 Å². The van der Waals surface area contributed by atoms with Gasteiger partial charge in [0.25, 0.3) is 0 Å². The van der Waals surface area contributed by atoms with Crippen molar-refractivity contribution in [2.75, 3.05) is 11.6 Å². The van der Waals surface area contributed by atoms with Gasteiger partial charge < -0.3 is 10.4 Å². The predicted octanol–water partition coefficient (Wildman–Crippen LogP) is 2.15. The summed E-state index contributed by atoms with van der Waals surface area (Å²) in [5.41, 5.74) is -0.822. The fourth-order valence-corrected chi connectivity index (χ4v) is 2.78. The molecule has 0 aromatic heterocycles. The minimum atomic E-state index is -3.40. The number of sulfone groups is 1. The summed E-state index contributed by atoms with van der Waals surface area (Å²) in [6.45, 7) is 3.52. The van der Waals surface area contributed by atoms with Crippen molar-refractivity contribution in [3.8, 4) is 0 Å². The van der Waals surface area contributed by atoms with Crippen LogP contribution in [0.1, 0.15) is 26.7 Å². The van der Waals surface area contributed by atoms with Gasteiger partial charge in [0.05, 0.1) is 10.6 Å². The van der Waals surface area contributed by atoms with Crippen LogP contribution < -0.4 is 5.32 Å². The molecule has 0 atom stereocenters. The van der Waals surface area contributed by atoms with Crippen LogP contribution in [-0.2, 0) is 14.6 Å². The molecular formula is C13H19NO4S. The van der Waals surface area contributed by atoms with E-state index in [0.717, 1.165) is 6.26 Å². The van der Waals surface area contributed by atoms with Crippen molar-refractivity contribution in [3.63, 3.8) is 0 Å². The number of hydrogen-bond acceptors (Lipinski definition) is 4. The van der Waals surface area contributed by atoms with Crippen molar-refractivity contribution in [2.24, 2.45) is 0 Å². The maximum Gasteiger partial charge on any atom is 0.329 e. The van der Waals surface area contributed by atoms with Gasteiger partial charge >= 0.3 is 5.97 Å². The van der Waals surface area contributed by atoms with Gasteiger partial charge in [-0.25, -0.2) is 13.2 Å². The largest absolute Gasteiger partial charge is 0.480 e. The van der Waals surface area contributed by atoms with Crippen LogP contribution in [0.2, 0.25) is 0 Å². The van der Waals surface area contributed by atoms with Crippen molar-refractivity contribution < 1.29 is 18.3 Å². The van der Waals surface area contributed by atoms with Crippen LogP contribution in [-0.4, -0.2) is 31.3 Å². The molecule has 2 N–H and O–H groups in total. The molecule has 0 unspecified atom stereocenters. The smallest absolute Gasteiger partial charge is 0.329 e. The summed E-state index contributed by atoms with van der Waals surface area (Å²) in [5.74, 6) is -0.985. The molecule has 0 saturated heterocycles. The van der Waals surface area contributed by atoms with E-state index in [1.54, 1.807) is 32.0 Å². The Hall–Kier alpha value is -1.56. The summed E-state index contributed by atoms with van der Waals surface area (Å²) in [6.07, 6.45) is 1.82. The molecule has 0 saturated carbocycles. The highest BCUT2D eigenvalue weighted by Gasteiger charge is 2.35. The van der Waals surface area contributed by atoms with Crippen molar-refractivity contribution in [3.05, 3.63) is 24.3 Å². The Balaban J connectivity index is 3.29. The van der Waals surface area contributed by atoms with Gasteiger partial charge in [0.1, 0.15) is 5.54 Å². The second kappa shape index (κ2) is 5.61. The SMILES string of the molecule is CCC(CC)(Nc1ccccc1S(C)(=O)=O)C(=O)O. The molecule has 1 aromatic rings. The Bertz CT molecular complexity index is 562. The number of rotatable bonds is 6. The molecule has 0 amide bonds. The van der Waals surface area contributed by atoms with Crippen molar-refractivity contribution in [1.29, 1.82) is 0 Å². The molecular weight excluding hydrogens is 266 g/mol. The summed E-state index contributed by atoms with van der Waals surface area (Å²) in [4.78, 5) is 11.6. The highest BCUT2D eigenvalue weighted by atomic mass is 32.2. The topological polar surface area (TPSA) is 83.5 Å². The normalized spacial score (nSPS) is 12.2. The Morgan fingerprint density at radius 3 is 2.21 bits per heavy atom. The van der Waals surface area contributed by atoms with Crippen LogP contribution in [0.15, 0.2) is 29.2 Å². The molecule has 106 valence electrons. The van der Waals surface area contributed by atoms with Gasteiger partial charge in [-0.1, -0.05) is 26.0 Å². The first-order valence-electron chi connectivity index (χ1n) is 6.07. The summed E-state index contributed by atoms with van der Waals surface area (Å²) in [5, 5.41) is 12.3. The van der Waals surface area contributed by atoms with E-state index < -0.39 is 21.3 Å². The Kier molecular flexibility index (Phi) is 4.57. The van der Waals surface area contributed by atoms with Gasteiger partial charge in [0, 0.05) is 6.26 Å². The third kappa shape index (κ3) is 3.26. The number of aliphatic carboxylic acids is 1. The third-order valence-electron chi connectivity index (χ3n) is 3.28. The van der Waals surface area contributed by atoms with Crippen LogP contribution in [0.5, 0.6) is 0 Å². The molecule has 0 aliphatic rings. The molecule has 0 aliphatic heterocycles. The highest BCUT2D eigenvalue weighted by molar-refractivity contribution is 7.90. The first kappa shape index (κ1) is 15.5. The number of nitrogens with one attached hydrogen (secondary N) is 1. The number of benzene rings is 1. The van der Waals surface area contributed by atoms with Gasteiger partial charge in [-0.15, -0.1) is 0 Å². The fraction of sp³-hybridized carbons (Fsp3) is 0.462. The van der Waals surface area contributed by atoms with E-state index in [9.17, 15) is 18.3 Å². The van der Waals surface area contributed by atoms with E-state index >= 15 is 0 Å². The number of hydrogen-bond donors (Lipinski definition) is 2. The third-order valence-corrected chi connectivity index (χ3v) is 4.43. The van der Waals surface area contributed by atoms with E-state index in [2.05, 4.69) is 5.32 Å². The maximum atomic E-state index is 11.7. The van der Waals surface area contributed by atoms with Gasteiger partial charge in [-0.05, 0) is 25.0 Å². The van der Waals surface area contributed by atoms with Crippen LogP contribution in [0.25, 0.3) is 0 Å². The van der Waals surface area contributed by atoms with Gasteiger partial charge in [0.15, 0.2) is 9.84 Å². The highest BCUT2D eigenvalue weighted by Crippen LogP contribution is 2.27. The van der Waals surface area contributed by atoms with Gasteiger partial charge in [-0.3, -0.25) is 0 Å². The molecule has 0 radical (unpaired) electrons. The molecule has 6 heteroatoms. The van der Waals surface area contributed by atoms with Crippen molar-refractivity contribution in [2.45, 2.75) is 37.1 Å². The Morgan fingerprint density at radius 2 is 1.79 bits per heavy atom. The monoisotopic (exact) mass is 285 g/mol. The molecule has 0 spiro atoms. The Labute approximate surface area is 113 Å². The first-order valence-corrected chi connectivity index (χ1v) is 7.96. The number of para-hydroxylation sites is 1. The number of anilines is 1. The zero-order valence-corrected chi connectivity index (χ0v) is 12.1. The number of carboxylic acid groups (broad SMARTS) is 1. The second-order valence-corrected chi connectivity index (χ2v) is 6.47. The van der Waals surface area contributed by atoms with E-state index in [0.29, 0.717) is 18.5 Å². The standard InChI is InChI=1S/C13H19NO4S/c1-4-13(5-2,12(15)16)14-10-8-6-7-9-11(10)19(3,17)18/h6-9,14H,4-5H2,1-3H3,(H,15,16). The predicted molar refractivity (Wildman–Crippen MR) is 74.1 cm³/mol. The average Bonchev–Trinajstić information content (AvgIpc) is 2.35. The summed E-state index contributed by atoms with van der Waals surface area (Å²) < 4.78 is 23.4. The molecule has 5 nitrogen and oxygen atoms in total.